The first-order chi connectivity index (χ1) is 16.6. The van der Waals surface area contributed by atoms with Crippen LogP contribution in [0, 0.1) is 0 Å². The summed E-state index contributed by atoms with van der Waals surface area (Å²) < 4.78 is 59.0. The zero-order valence-corrected chi connectivity index (χ0v) is 21.1. The maximum Gasteiger partial charge on any atom is 0.245 e. The molecule has 11 heteroatoms. The van der Waals surface area contributed by atoms with Crippen molar-refractivity contribution in [1.82, 2.24) is 4.31 Å². The fourth-order valence-corrected chi connectivity index (χ4v) is 6.56. The van der Waals surface area contributed by atoms with E-state index in [0.29, 0.717) is 24.2 Å². The average molecular weight is 518 g/mol. The maximum atomic E-state index is 13.0. The molecule has 9 nitrogen and oxygen atoms in total. The number of nitrogens with one attached hydrogen (secondary N) is 1. The third kappa shape index (κ3) is 5.26. The summed E-state index contributed by atoms with van der Waals surface area (Å²) in [6.07, 6.45) is 2.63. The summed E-state index contributed by atoms with van der Waals surface area (Å²) in [4.78, 5) is 13.1. The summed E-state index contributed by atoms with van der Waals surface area (Å²) in [6, 6.07) is 16.8. The van der Waals surface area contributed by atoms with Gasteiger partial charge >= 0.3 is 0 Å². The Morgan fingerprint density at radius 2 is 1.69 bits per heavy atom. The lowest BCUT2D eigenvalue weighted by Gasteiger charge is -2.24. The largest absolute Gasteiger partial charge is 0.495 e. The SMILES string of the molecule is COc1ccc(S(=O)(=O)N2CCCC2)cc1NC(=O)CN(c1cccc2ccccc12)S(C)(=O)=O. The predicted octanol–water partition coefficient (Wildman–Crippen LogP) is 3.04. The van der Waals surface area contributed by atoms with Crippen LogP contribution in [0.4, 0.5) is 11.4 Å². The van der Waals surface area contributed by atoms with Crippen molar-refractivity contribution in [3.05, 3.63) is 60.7 Å². The van der Waals surface area contributed by atoms with Gasteiger partial charge in [0, 0.05) is 18.5 Å². The molecular weight excluding hydrogens is 490 g/mol. The van der Waals surface area contributed by atoms with Crippen molar-refractivity contribution < 1.29 is 26.4 Å². The van der Waals surface area contributed by atoms with Gasteiger partial charge in [0.1, 0.15) is 12.3 Å². The highest BCUT2D eigenvalue weighted by Gasteiger charge is 2.28. The van der Waals surface area contributed by atoms with E-state index in [0.717, 1.165) is 28.8 Å². The molecule has 3 aromatic carbocycles. The molecule has 0 aliphatic carbocycles. The molecule has 1 N–H and O–H groups in total. The number of benzene rings is 3. The second-order valence-corrected chi connectivity index (χ2v) is 12.1. The summed E-state index contributed by atoms with van der Waals surface area (Å²) in [5.41, 5.74) is 0.516. The second kappa shape index (κ2) is 9.84. The first-order valence-electron chi connectivity index (χ1n) is 11.0. The number of hydrogen-bond donors (Lipinski definition) is 1. The predicted molar refractivity (Wildman–Crippen MR) is 136 cm³/mol. The lowest BCUT2D eigenvalue weighted by Crippen LogP contribution is -2.37. The van der Waals surface area contributed by atoms with Gasteiger partial charge in [-0.3, -0.25) is 9.10 Å². The Bertz CT molecular complexity index is 1460. The van der Waals surface area contributed by atoms with Gasteiger partial charge in [0.15, 0.2) is 0 Å². The summed E-state index contributed by atoms with van der Waals surface area (Å²) in [5, 5.41) is 4.15. The van der Waals surface area contributed by atoms with Gasteiger partial charge in [-0.05, 0) is 42.5 Å². The first-order valence-corrected chi connectivity index (χ1v) is 14.3. The van der Waals surface area contributed by atoms with Crippen LogP contribution in [-0.2, 0) is 24.8 Å². The van der Waals surface area contributed by atoms with E-state index in [1.54, 1.807) is 24.3 Å². The van der Waals surface area contributed by atoms with Crippen LogP contribution >= 0.6 is 0 Å². The van der Waals surface area contributed by atoms with E-state index in [2.05, 4.69) is 5.32 Å². The van der Waals surface area contributed by atoms with Gasteiger partial charge in [-0.15, -0.1) is 0 Å². The van der Waals surface area contributed by atoms with Gasteiger partial charge in [0.05, 0.1) is 29.6 Å². The Morgan fingerprint density at radius 1 is 1.00 bits per heavy atom. The maximum absolute atomic E-state index is 13.0. The normalized spacial score (nSPS) is 14.7. The second-order valence-electron chi connectivity index (χ2n) is 8.29. The molecule has 1 heterocycles. The minimum Gasteiger partial charge on any atom is -0.495 e. The number of methoxy groups -OCH3 is 1. The number of carbonyl (C=O) groups is 1. The fourth-order valence-electron chi connectivity index (χ4n) is 4.15. The Hall–Kier alpha value is -3.15. The molecule has 1 amide bonds. The number of ether oxygens (including phenoxy) is 1. The topological polar surface area (TPSA) is 113 Å². The third-order valence-electron chi connectivity index (χ3n) is 5.87. The number of nitrogens with zero attached hydrogens (tertiary/aromatic N) is 2. The van der Waals surface area contributed by atoms with Crippen LogP contribution in [0.2, 0.25) is 0 Å². The Labute approximate surface area is 205 Å². The van der Waals surface area contributed by atoms with Crippen LogP contribution in [-0.4, -0.2) is 60.0 Å². The lowest BCUT2D eigenvalue weighted by molar-refractivity contribution is -0.114. The molecule has 0 saturated carbocycles. The zero-order valence-electron chi connectivity index (χ0n) is 19.5. The van der Waals surface area contributed by atoms with Crippen LogP contribution in [0.15, 0.2) is 65.6 Å². The Balaban J connectivity index is 1.64. The molecule has 4 rings (SSSR count). The van der Waals surface area contributed by atoms with E-state index < -0.39 is 32.5 Å². The molecule has 0 atom stereocenters. The minimum atomic E-state index is -3.82. The van der Waals surface area contributed by atoms with E-state index in [1.807, 2.05) is 18.2 Å². The van der Waals surface area contributed by atoms with E-state index in [9.17, 15) is 21.6 Å². The number of rotatable bonds is 8. The van der Waals surface area contributed by atoms with Crippen molar-refractivity contribution in [3.8, 4) is 5.75 Å². The van der Waals surface area contributed by atoms with Crippen LogP contribution in [0.1, 0.15) is 12.8 Å². The highest BCUT2D eigenvalue weighted by atomic mass is 32.2. The van der Waals surface area contributed by atoms with Crippen LogP contribution < -0.4 is 14.4 Å². The quantitative estimate of drug-likeness (QED) is 0.491. The highest BCUT2D eigenvalue weighted by molar-refractivity contribution is 7.92. The molecule has 0 radical (unpaired) electrons. The van der Waals surface area contributed by atoms with Gasteiger partial charge < -0.3 is 10.1 Å². The smallest absolute Gasteiger partial charge is 0.245 e. The van der Waals surface area contributed by atoms with Crippen molar-refractivity contribution in [2.45, 2.75) is 17.7 Å². The summed E-state index contributed by atoms with van der Waals surface area (Å²) in [6.45, 7) is 0.397. The third-order valence-corrected chi connectivity index (χ3v) is 8.89. The molecule has 3 aromatic rings. The summed E-state index contributed by atoms with van der Waals surface area (Å²) >= 11 is 0. The number of hydrogen-bond acceptors (Lipinski definition) is 6. The van der Waals surface area contributed by atoms with Crippen molar-refractivity contribution in [2.75, 3.05) is 42.6 Å². The summed E-state index contributed by atoms with van der Waals surface area (Å²) in [5.74, 6) is -0.382. The van der Waals surface area contributed by atoms with Gasteiger partial charge in [0.25, 0.3) is 0 Å². The van der Waals surface area contributed by atoms with Crippen LogP contribution in [0.25, 0.3) is 10.8 Å². The monoisotopic (exact) mass is 517 g/mol. The molecule has 0 aromatic heterocycles. The molecule has 1 aliphatic heterocycles. The molecule has 186 valence electrons. The molecule has 35 heavy (non-hydrogen) atoms. The molecule has 1 fully saturated rings. The van der Waals surface area contributed by atoms with Crippen molar-refractivity contribution in [1.29, 1.82) is 0 Å². The first kappa shape index (κ1) is 25.0. The van der Waals surface area contributed by atoms with Crippen molar-refractivity contribution in [3.63, 3.8) is 0 Å². The van der Waals surface area contributed by atoms with Crippen molar-refractivity contribution >= 4 is 48.1 Å². The average Bonchev–Trinajstić information content (AvgIpc) is 3.37. The standard InChI is InChI=1S/C24H27N3O6S2/c1-33-23-13-12-19(35(31,32)26-14-5-6-15-26)16-21(23)25-24(28)17-27(34(2,29)30)22-11-7-9-18-8-3-4-10-20(18)22/h3-4,7-13,16H,5-6,14-15,17H2,1-2H3,(H,25,28). The molecule has 0 bridgehead atoms. The summed E-state index contributed by atoms with van der Waals surface area (Å²) in [7, 11) is -6.13. The minimum absolute atomic E-state index is 0.0320. The number of anilines is 2. The van der Waals surface area contributed by atoms with Gasteiger partial charge in [-0.25, -0.2) is 16.8 Å². The number of sulfonamides is 2. The van der Waals surface area contributed by atoms with Gasteiger partial charge in [-0.2, -0.15) is 4.31 Å². The highest BCUT2D eigenvalue weighted by Crippen LogP contribution is 2.31. The van der Waals surface area contributed by atoms with Crippen LogP contribution in [0.3, 0.4) is 0 Å². The van der Waals surface area contributed by atoms with Crippen molar-refractivity contribution in [2.24, 2.45) is 0 Å². The van der Waals surface area contributed by atoms with E-state index >= 15 is 0 Å². The van der Waals surface area contributed by atoms with Gasteiger partial charge in [-0.1, -0.05) is 36.4 Å². The number of amides is 1. The number of carbonyl (C=O) groups excluding carboxylic acids is 1. The molecule has 1 aliphatic rings. The van der Waals surface area contributed by atoms with E-state index in [1.165, 1.54) is 29.6 Å². The molecule has 1 saturated heterocycles. The lowest BCUT2D eigenvalue weighted by atomic mass is 10.1. The van der Waals surface area contributed by atoms with E-state index in [4.69, 9.17) is 4.74 Å². The molecule has 0 unspecified atom stereocenters. The fraction of sp³-hybridized carbons (Fsp3) is 0.292. The number of fused-ring (bicyclic) bond motifs is 1. The zero-order chi connectivity index (χ0) is 25.2. The van der Waals surface area contributed by atoms with Gasteiger partial charge in [0.2, 0.25) is 26.0 Å². The van der Waals surface area contributed by atoms with Crippen LogP contribution in [0.5, 0.6) is 5.75 Å². The molecule has 0 spiro atoms. The molecular formula is C24H27N3O6S2. The van der Waals surface area contributed by atoms with E-state index in [-0.39, 0.29) is 16.3 Å². The Morgan fingerprint density at radius 3 is 2.37 bits per heavy atom. The Kier molecular flexibility index (Phi) is 7.02.